The van der Waals surface area contributed by atoms with Gasteiger partial charge in [-0.15, -0.1) is 0 Å². The van der Waals surface area contributed by atoms with Crippen molar-refractivity contribution in [3.8, 4) is 0 Å². The molecule has 2 aliphatic rings. The van der Waals surface area contributed by atoms with Crippen molar-refractivity contribution in [1.82, 2.24) is 0 Å². The zero-order chi connectivity index (χ0) is 9.15. The molecule has 2 heteroatoms. The van der Waals surface area contributed by atoms with Crippen molar-refractivity contribution in [3.05, 3.63) is 0 Å². The first kappa shape index (κ1) is 9.85. The number of rotatable bonds is 3. The van der Waals surface area contributed by atoms with Gasteiger partial charge in [-0.3, -0.25) is 0 Å². The summed E-state index contributed by atoms with van der Waals surface area (Å²) in [5.74, 6) is 0.998. The van der Waals surface area contributed by atoms with Crippen molar-refractivity contribution in [1.29, 1.82) is 0 Å². The lowest BCUT2D eigenvalue weighted by molar-refractivity contribution is 0.0731. The second-order valence-corrected chi connectivity index (χ2v) is 5.94. The Morgan fingerprint density at radius 2 is 1.69 bits per heavy atom. The highest BCUT2D eigenvalue weighted by molar-refractivity contribution is 8.00. The van der Waals surface area contributed by atoms with E-state index in [1.54, 1.807) is 0 Å². The number of hydrogen-bond acceptors (Lipinski definition) is 2. The summed E-state index contributed by atoms with van der Waals surface area (Å²) in [6.07, 6.45) is 10.2. The Morgan fingerprint density at radius 1 is 1.08 bits per heavy atom. The van der Waals surface area contributed by atoms with Gasteiger partial charge in [-0.2, -0.15) is 11.8 Å². The van der Waals surface area contributed by atoms with E-state index in [1.165, 1.54) is 38.5 Å². The second-order valence-electron chi connectivity index (χ2n) is 4.65. The molecule has 0 spiro atoms. The van der Waals surface area contributed by atoms with Gasteiger partial charge in [-0.25, -0.2) is 0 Å². The summed E-state index contributed by atoms with van der Waals surface area (Å²) in [4.78, 5) is 0. The fourth-order valence-electron chi connectivity index (χ4n) is 2.51. The minimum Gasteiger partial charge on any atom is -0.389 e. The predicted molar refractivity (Wildman–Crippen MR) is 58.1 cm³/mol. The number of aliphatic hydroxyl groups is 1. The molecular weight excluding hydrogens is 180 g/mol. The van der Waals surface area contributed by atoms with Crippen LogP contribution in [0.5, 0.6) is 0 Å². The van der Waals surface area contributed by atoms with Crippen LogP contribution in [0, 0.1) is 0 Å². The normalized spacial score (nSPS) is 28.4. The molecule has 1 N–H and O–H groups in total. The highest BCUT2D eigenvalue weighted by atomic mass is 32.2. The minimum absolute atomic E-state index is 0.284. The molecule has 2 rings (SSSR count). The van der Waals surface area contributed by atoms with E-state index in [-0.39, 0.29) is 5.60 Å². The van der Waals surface area contributed by atoms with Crippen molar-refractivity contribution in [3.63, 3.8) is 0 Å². The van der Waals surface area contributed by atoms with Crippen LogP contribution in [-0.2, 0) is 0 Å². The molecule has 0 saturated heterocycles. The van der Waals surface area contributed by atoms with Crippen LogP contribution in [0.1, 0.15) is 51.4 Å². The first-order valence-corrected chi connectivity index (χ1v) is 6.67. The van der Waals surface area contributed by atoms with Crippen LogP contribution in [0.3, 0.4) is 0 Å². The molecule has 76 valence electrons. The lowest BCUT2D eigenvalue weighted by atomic mass is 10.1. The van der Waals surface area contributed by atoms with Crippen LogP contribution in [0.2, 0.25) is 0 Å². The van der Waals surface area contributed by atoms with Gasteiger partial charge in [-0.05, 0) is 25.7 Å². The Kier molecular flexibility index (Phi) is 3.20. The van der Waals surface area contributed by atoms with E-state index in [4.69, 9.17) is 0 Å². The van der Waals surface area contributed by atoms with Crippen molar-refractivity contribution in [2.24, 2.45) is 0 Å². The van der Waals surface area contributed by atoms with Gasteiger partial charge >= 0.3 is 0 Å². The van der Waals surface area contributed by atoms with Crippen LogP contribution in [0.4, 0.5) is 0 Å². The monoisotopic (exact) mass is 200 g/mol. The van der Waals surface area contributed by atoms with Crippen molar-refractivity contribution in [2.75, 3.05) is 5.75 Å². The average Bonchev–Trinajstić information content (AvgIpc) is 2.72. The number of hydrogen-bond donors (Lipinski definition) is 1. The molecule has 13 heavy (non-hydrogen) atoms. The van der Waals surface area contributed by atoms with E-state index in [0.717, 1.165) is 23.8 Å². The van der Waals surface area contributed by atoms with Crippen molar-refractivity contribution >= 4 is 11.8 Å². The Balaban J connectivity index is 1.71. The Morgan fingerprint density at radius 3 is 2.31 bits per heavy atom. The fourth-order valence-corrected chi connectivity index (χ4v) is 4.01. The summed E-state index contributed by atoms with van der Waals surface area (Å²) in [6, 6.07) is 0. The molecule has 0 aliphatic heterocycles. The van der Waals surface area contributed by atoms with Gasteiger partial charge in [0, 0.05) is 11.0 Å². The lowest BCUT2D eigenvalue weighted by Crippen LogP contribution is -2.28. The van der Waals surface area contributed by atoms with E-state index in [0.29, 0.717) is 0 Å². The summed E-state index contributed by atoms with van der Waals surface area (Å²) < 4.78 is 0. The maximum Gasteiger partial charge on any atom is 0.0737 e. The predicted octanol–water partition coefficient (Wildman–Crippen LogP) is 2.97. The topological polar surface area (TPSA) is 20.2 Å². The van der Waals surface area contributed by atoms with Crippen LogP contribution in [-0.4, -0.2) is 21.7 Å². The third kappa shape index (κ3) is 2.63. The van der Waals surface area contributed by atoms with Gasteiger partial charge in [0.1, 0.15) is 0 Å². The summed E-state index contributed by atoms with van der Waals surface area (Å²) >= 11 is 2.03. The molecule has 1 nitrogen and oxygen atoms in total. The third-order valence-electron chi connectivity index (χ3n) is 3.42. The fraction of sp³-hybridized carbons (Fsp3) is 1.00. The SMILES string of the molecule is OC1(CSC2CCCC2)CCCC1. The molecule has 0 heterocycles. The van der Waals surface area contributed by atoms with E-state index in [2.05, 4.69) is 0 Å². The summed E-state index contributed by atoms with van der Waals surface area (Å²) in [6.45, 7) is 0. The van der Waals surface area contributed by atoms with Crippen LogP contribution in [0.15, 0.2) is 0 Å². The van der Waals surface area contributed by atoms with Gasteiger partial charge in [0.15, 0.2) is 0 Å². The number of thioether (sulfide) groups is 1. The van der Waals surface area contributed by atoms with E-state index >= 15 is 0 Å². The highest BCUT2D eigenvalue weighted by Crippen LogP contribution is 2.37. The van der Waals surface area contributed by atoms with E-state index in [9.17, 15) is 5.11 Å². The van der Waals surface area contributed by atoms with Crippen LogP contribution < -0.4 is 0 Å². The maximum absolute atomic E-state index is 10.1. The van der Waals surface area contributed by atoms with Crippen molar-refractivity contribution in [2.45, 2.75) is 62.2 Å². The molecule has 2 saturated carbocycles. The van der Waals surface area contributed by atoms with Gasteiger partial charge in [0.05, 0.1) is 5.60 Å². The van der Waals surface area contributed by atoms with Gasteiger partial charge < -0.3 is 5.11 Å². The molecule has 0 aromatic carbocycles. The smallest absolute Gasteiger partial charge is 0.0737 e. The van der Waals surface area contributed by atoms with Gasteiger partial charge in [0.25, 0.3) is 0 Å². The van der Waals surface area contributed by atoms with Gasteiger partial charge in [0.2, 0.25) is 0 Å². The standard InChI is InChI=1S/C11H20OS/c12-11(7-3-4-8-11)9-13-10-5-1-2-6-10/h10,12H,1-9H2. The molecule has 0 aromatic rings. The molecule has 0 atom stereocenters. The maximum atomic E-state index is 10.1. The van der Waals surface area contributed by atoms with E-state index in [1.807, 2.05) is 11.8 Å². The summed E-state index contributed by atoms with van der Waals surface area (Å²) in [7, 11) is 0. The minimum atomic E-state index is -0.284. The van der Waals surface area contributed by atoms with Crippen LogP contribution in [0.25, 0.3) is 0 Å². The molecule has 0 radical (unpaired) electrons. The summed E-state index contributed by atoms with van der Waals surface area (Å²) in [5, 5.41) is 11.0. The Bertz CT molecular complexity index is 157. The Labute approximate surface area is 85.3 Å². The molecule has 2 aliphatic carbocycles. The molecular formula is C11H20OS. The highest BCUT2D eigenvalue weighted by Gasteiger charge is 2.32. The van der Waals surface area contributed by atoms with Crippen LogP contribution >= 0.6 is 11.8 Å². The van der Waals surface area contributed by atoms with E-state index < -0.39 is 0 Å². The quantitative estimate of drug-likeness (QED) is 0.756. The average molecular weight is 200 g/mol. The zero-order valence-electron chi connectivity index (χ0n) is 8.30. The molecule has 0 amide bonds. The first-order chi connectivity index (χ1) is 6.29. The zero-order valence-corrected chi connectivity index (χ0v) is 9.11. The Hall–Kier alpha value is 0.310. The first-order valence-electron chi connectivity index (χ1n) is 5.63. The molecule has 0 bridgehead atoms. The summed E-state index contributed by atoms with van der Waals surface area (Å²) in [5.41, 5.74) is -0.284. The molecule has 2 fully saturated rings. The van der Waals surface area contributed by atoms with Crippen molar-refractivity contribution < 1.29 is 5.11 Å². The second kappa shape index (κ2) is 4.22. The molecule has 0 aromatic heterocycles. The lowest BCUT2D eigenvalue weighted by Gasteiger charge is -2.23. The van der Waals surface area contributed by atoms with Gasteiger partial charge in [-0.1, -0.05) is 25.7 Å². The molecule has 0 unspecified atom stereocenters. The largest absolute Gasteiger partial charge is 0.389 e. The third-order valence-corrected chi connectivity index (χ3v) is 5.07.